The van der Waals surface area contributed by atoms with Gasteiger partial charge < -0.3 is 15.2 Å². The number of rotatable bonds is 8. The van der Waals surface area contributed by atoms with Crippen molar-refractivity contribution >= 4 is 11.9 Å². The predicted octanol–water partition coefficient (Wildman–Crippen LogP) is 2.88. The van der Waals surface area contributed by atoms with E-state index < -0.39 is 11.4 Å². The second kappa shape index (κ2) is 7.99. The summed E-state index contributed by atoms with van der Waals surface area (Å²) in [7, 11) is 1.63. The van der Waals surface area contributed by atoms with Crippen LogP contribution in [0.5, 0.6) is 5.75 Å². The molecule has 1 amide bonds. The first-order valence-corrected chi connectivity index (χ1v) is 8.23. The Morgan fingerprint density at radius 1 is 1.17 bits per heavy atom. The summed E-state index contributed by atoms with van der Waals surface area (Å²) < 4.78 is 5.19. The Labute approximate surface area is 137 Å². The Bertz CT molecular complexity index is 532. The molecule has 0 atom stereocenters. The molecule has 1 fully saturated rings. The highest BCUT2D eigenvalue weighted by Crippen LogP contribution is 2.41. The third kappa shape index (κ3) is 4.24. The number of carbonyl (C=O) groups excluding carboxylic acids is 1. The van der Waals surface area contributed by atoms with Crippen LogP contribution in [0.2, 0.25) is 0 Å². The molecular weight excluding hydrogens is 294 g/mol. The summed E-state index contributed by atoms with van der Waals surface area (Å²) in [6, 6.07) is 7.76. The molecule has 0 aliphatic heterocycles. The summed E-state index contributed by atoms with van der Waals surface area (Å²) in [6.45, 7) is 0.532. The minimum Gasteiger partial charge on any atom is -0.497 e. The monoisotopic (exact) mass is 319 g/mol. The molecular formula is C18H25NO4. The minimum atomic E-state index is -0.790. The number of ether oxygens (including phenoxy) is 1. The van der Waals surface area contributed by atoms with Gasteiger partial charge in [0.1, 0.15) is 5.75 Å². The number of amides is 1. The molecule has 0 aromatic heterocycles. The SMILES string of the molecule is COc1ccc(C2(C(=O)NCCCCC(=O)O)CCCC2)cc1. The zero-order valence-corrected chi connectivity index (χ0v) is 13.6. The van der Waals surface area contributed by atoms with Crippen LogP contribution >= 0.6 is 0 Å². The third-order valence-corrected chi connectivity index (χ3v) is 4.64. The summed E-state index contributed by atoms with van der Waals surface area (Å²) >= 11 is 0. The van der Waals surface area contributed by atoms with Gasteiger partial charge in [0.2, 0.25) is 5.91 Å². The van der Waals surface area contributed by atoms with Crippen LogP contribution in [0.3, 0.4) is 0 Å². The van der Waals surface area contributed by atoms with Crippen molar-refractivity contribution in [3.63, 3.8) is 0 Å². The largest absolute Gasteiger partial charge is 0.497 e. The number of aliphatic carboxylic acids is 1. The van der Waals surface area contributed by atoms with Gasteiger partial charge in [-0.25, -0.2) is 0 Å². The molecule has 1 aliphatic carbocycles. The van der Waals surface area contributed by atoms with Crippen molar-refractivity contribution in [3.05, 3.63) is 29.8 Å². The highest BCUT2D eigenvalue weighted by molar-refractivity contribution is 5.88. The summed E-state index contributed by atoms with van der Waals surface area (Å²) in [6.07, 6.45) is 5.26. The second-order valence-electron chi connectivity index (χ2n) is 6.12. The molecule has 0 spiro atoms. The van der Waals surface area contributed by atoms with Crippen LogP contribution in [0.1, 0.15) is 50.5 Å². The Balaban J connectivity index is 1.98. The lowest BCUT2D eigenvalue weighted by molar-refractivity contribution is -0.137. The average molecular weight is 319 g/mol. The molecule has 0 heterocycles. The molecule has 2 N–H and O–H groups in total. The summed E-state index contributed by atoms with van der Waals surface area (Å²) in [5, 5.41) is 11.6. The van der Waals surface area contributed by atoms with E-state index in [0.717, 1.165) is 37.0 Å². The van der Waals surface area contributed by atoms with Gasteiger partial charge in [0, 0.05) is 13.0 Å². The lowest BCUT2D eigenvalue weighted by Gasteiger charge is -2.28. The van der Waals surface area contributed by atoms with Gasteiger partial charge in [0.15, 0.2) is 0 Å². The van der Waals surface area contributed by atoms with Gasteiger partial charge in [-0.15, -0.1) is 0 Å². The van der Waals surface area contributed by atoms with Crippen molar-refractivity contribution < 1.29 is 19.4 Å². The maximum Gasteiger partial charge on any atom is 0.303 e. The number of carboxylic acids is 1. The second-order valence-corrected chi connectivity index (χ2v) is 6.12. The van der Waals surface area contributed by atoms with E-state index in [2.05, 4.69) is 5.32 Å². The van der Waals surface area contributed by atoms with Crippen molar-refractivity contribution in [2.75, 3.05) is 13.7 Å². The number of nitrogens with one attached hydrogen (secondary N) is 1. The highest BCUT2D eigenvalue weighted by Gasteiger charge is 2.42. The van der Waals surface area contributed by atoms with Crippen molar-refractivity contribution in [3.8, 4) is 5.75 Å². The predicted molar refractivity (Wildman–Crippen MR) is 87.6 cm³/mol. The van der Waals surface area contributed by atoms with E-state index in [1.54, 1.807) is 7.11 Å². The van der Waals surface area contributed by atoms with Gasteiger partial charge in [-0.05, 0) is 43.4 Å². The van der Waals surface area contributed by atoms with E-state index in [9.17, 15) is 9.59 Å². The van der Waals surface area contributed by atoms with Gasteiger partial charge in [-0.3, -0.25) is 9.59 Å². The first-order valence-electron chi connectivity index (χ1n) is 8.23. The number of benzene rings is 1. The van der Waals surface area contributed by atoms with Crippen LogP contribution in [-0.2, 0) is 15.0 Å². The summed E-state index contributed by atoms with van der Waals surface area (Å²) in [4.78, 5) is 23.3. The van der Waals surface area contributed by atoms with Crippen LogP contribution in [0.4, 0.5) is 0 Å². The molecule has 2 rings (SSSR count). The zero-order valence-electron chi connectivity index (χ0n) is 13.6. The molecule has 126 valence electrons. The van der Waals surface area contributed by atoms with Crippen LogP contribution < -0.4 is 10.1 Å². The molecule has 23 heavy (non-hydrogen) atoms. The molecule has 1 aromatic carbocycles. The molecule has 0 bridgehead atoms. The van der Waals surface area contributed by atoms with Crippen LogP contribution in [0, 0.1) is 0 Å². The van der Waals surface area contributed by atoms with Crippen LogP contribution in [0.15, 0.2) is 24.3 Å². The first kappa shape index (κ1) is 17.3. The number of carbonyl (C=O) groups is 2. The van der Waals surface area contributed by atoms with Crippen LogP contribution in [0.25, 0.3) is 0 Å². The van der Waals surface area contributed by atoms with Crippen molar-refractivity contribution in [2.24, 2.45) is 0 Å². The quantitative estimate of drug-likeness (QED) is 0.722. The number of unbranched alkanes of at least 4 members (excludes halogenated alkanes) is 1. The van der Waals surface area contributed by atoms with Gasteiger partial charge in [0.05, 0.1) is 12.5 Å². The van der Waals surface area contributed by atoms with E-state index in [0.29, 0.717) is 19.4 Å². The van der Waals surface area contributed by atoms with Gasteiger partial charge in [-0.2, -0.15) is 0 Å². The molecule has 0 saturated heterocycles. The molecule has 0 radical (unpaired) electrons. The molecule has 1 aromatic rings. The Hall–Kier alpha value is -2.04. The van der Waals surface area contributed by atoms with E-state index in [1.165, 1.54) is 0 Å². The van der Waals surface area contributed by atoms with Gasteiger partial charge in [0.25, 0.3) is 0 Å². The standard InChI is InChI=1S/C18H25NO4/c1-23-15-9-7-14(8-10-15)18(11-3-4-12-18)17(22)19-13-5-2-6-16(20)21/h7-10H,2-6,11-13H2,1H3,(H,19,22)(H,20,21). The smallest absolute Gasteiger partial charge is 0.303 e. The summed E-state index contributed by atoms with van der Waals surface area (Å²) in [5.74, 6) is 0.0632. The minimum absolute atomic E-state index is 0.0653. The Kier molecular flexibility index (Phi) is 6.02. The van der Waals surface area contributed by atoms with Crippen molar-refractivity contribution in [1.29, 1.82) is 0 Å². The fourth-order valence-corrected chi connectivity index (χ4v) is 3.31. The summed E-state index contributed by atoms with van der Waals surface area (Å²) in [5.41, 5.74) is 0.595. The lowest BCUT2D eigenvalue weighted by Crippen LogP contribution is -2.43. The molecule has 5 nitrogen and oxygen atoms in total. The lowest BCUT2D eigenvalue weighted by atomic mass is 9.78. The molecule has 5 heteroatoms. The normalized spacial score (nSPS) is 16.0. The Morgan fingerprint density at radius 3 is 2.39 bits per heavy atom. The van der Waals surface area contributed by atoms with E-state index in [1.807, 2.05) is 24.3 Å². The van der Waals surface area contributed by atoms with Crippen molar-refractivity contribution in [2.45, 2.75) is 50.4 Å². The molecule has 1 aliphatic rings. The maximum absolute atomic E-state index is 12.8. The number of hydrogen-bond acceptors (Lipinski definition) is 3. The molecule has 1 saturated carbocycles. The number of carboxylic acid groups (broad SMARTS) is 1. The fraction of sp³-hybridized carbons (Fsp3) is 0.556. The van der Waals surface area contributed by atoms with Gasteiger partial charge >= 0.3 is 5.97 Å². The highest BCUT2D eigenvalue weighted by atomic mass is 16.5. The topological polar surface area (TPSA) is 75.6 Å². The average Bonchev–Trinajstić information content (AvgIpc) is 3.05. The number of hydrogen-bond donors (Lipinski definition) is 2. The van der Waals surface area contributed by atoms with Gasteiger partial charge in [-0.1, -0.05) is 25.0 Å². The fourth-order valence-electron chi connectivity index (χ4n) is 3.31. The van der Waals surface area contributed by atoms with E-state index >= 15 is 0 Å². The maximum atomic E-state index is 12.8. The van der Waals surface area contributed by atoms with E-state index in [-0.39, 0.29) is 12.3 Å². The third-order valence-electron chi connectivity index (χ3n) is 4.64. The number of methoxy groups -OCH3 is 1. The van der Waals surface area contributed by atoms with E-state index in [4.69, 9.17) is 9.84 Å². The first-order chi connectivity index (χ1) is 11.1. The Morgan fingerprint density at radius 2 is 1.83 bits per heavy atom. The molecule has 0 unspecified atom stereocenters. The van der Waals surface area contributed by atoms with Crippen molar-refractivity contribution in [1.82, 2.24) is 5.32 Å². The zero-order chi connectivity index (χ0) is 16.7. The van der Waals surface area contributed by atoms with Crippen LogP contribution in [-0.4, -0.2) is 30.6 Å².